The minimum Gasteiger partial charge on any atom is -0.463 e. The number of hydrogen-bond acceptors (Lipinski definition) is 7. The molecule has 0 bridgehead atoms. The maximum Gasteiger partial charge on any atom is 0.305 e. The second-order valence-electron chi connectivity index (χ2n) is 7.83. The lowest BCUT2D eigenvalue weighted by Crippen LogP contribution is -2.33. The molecule has 0 spiro atoms. The number of thiophene rings is 1. The number of hydrogen-bond donors (Lipinski definition) is 2. The first-order chi connectivity index (χ1) is 13.4. The van der Waals surface area contributed by atoms with E-state index in [4.69, 9.17) is 4.74 Å². The Labute approximate surface area is 168 Å². The van der Waals surface area contributed by atoms with Crippen LogP contribution in [0.5, 0.6) is 0 Å². The normalized spacial score (nSPS) is 17.7. The van der Waals surface area contributed by atoms with E-state index < -0.39 is 6.10 Å². The number of ether oxygens (including phenoxy) is 1. The highest BCUT2D eigenvalue weighted by molar-refractivity contribution is 7.18. The molecule has 154 valence electrons. The third-order valence-corrected chi connectivity index (χ3v) is 6.20. The van der Waals surface area contributed by atoms with Crippen molar-refractivity contribution in [1.82, 2.24) is 14.9 Å². The minimum absolute atomic E-state index is 0.0258. The topological polar surface area (TPSA) is 95.5 Å². The Balaban J connectivity index is 1.64. The lowest BCUT2D eigenvalue weighted by molar-refractivity contribution is -0.147. The maximum atomic E-state index is 12.6. The summed E-state index contributed by atoms with van der Waals surface area (Å²) in [5.74, 6) is 0.941. The molecule has 0 saturated heterocycles. The number of carbonyl (C=O) groups excluding carboxylic acids is 1. The van der Waals surface area contributed by atoms with Gasteiger partial charge in [0.1, 0.15) is 23.4 Å². The molecule has 8 heteroatoms. The number of aromatic nitrogens is 2. The molecule has 28 heavy (non-hydrogen) atoms. The van der Waals surface area contributed by atoms with Crippen molar-refractivity contribution in [3.05, 3.63) is 26.6 Å². The summed E-state index contributed by atoms with van der Waals surface area (Å²) in [5.41, 5.74) is 1.10. The molecule has 0 fully saturated rings. The molecule has 1 aliphatic carbocycles. The van der Waals surface area contributed by atoms with Crippen molar-refractivity contribution in [1.29, 1.82) is 0 Å². The molecule has 2 atom stereocenters. The van der Waals surface area contributed by atoms with Crippen LogP contribution in [-0.4, -0.2) is 52.2 Å². The zero-order valence-corrected chi connectivity index (χ0v) is 17.6. The predicted octanol–water partition coefficient (Wildman–Crippen LogP) is 2.25. The number of aromatic amines is 1. The van der Waals surface area contributed by atoms with E-state index in [2.05, 4.69) is 16.9 Å². The van der Waals surface area contributed by atoms with Crippen molar-refractivity contribution in [2.75, 3.05) is 20.2 Å². The number of fused-ring (bicyclic) bond motifs is 3. The molecule has 2 N–H and O–H groups in total. The fourth-order valence-electron chi connectivity index (χ4n) is 3.67. The summed E-state index contributed by atoms with van der Waals surface area (Å²) in [7, 11) is 1.84. The van der Waals surface area contributed by atoms with Gasteiger partial charge in [0.25, 0.3) is 5.56 Å². The number of nitrogens with zero attached hydrogens (tertiary/aromatic N) is 2. The molecule has 3 rings (SSSR count). The largest absolute Gasteiger partial charge is 0.463 e. The lowest BCUT2D eigenvalue weighted by atomic mass is 9.89. The Morgan fingerprint density at radius 1 is 1.50 bits per heavy atom. The lowest BCUT2D eigenvalue weighted by Gasteiger charge is -2.20. The van der Waals surface area contributed by atoms with Crippen molar-refractivity contribution >= 4 is 27.5 Å². The average molecular weight is 408 g/mol. The standard InChI is InChI=1S/C20H29N3O4S/c1-4-5-17(25)27-11-13(24)9-23(3)10-16-21-19(26)18-14-7-6-12(2)8-15(14)28-20(18)22-16/h12-13,24H,4-11H2,1-3H3,(H,21,22,26). The van der Waals surface area contributed by atoms with Crippen LogP contribution < -0.4 is 5.56 Å². The Morgan fingerprint density at radius 3 is 3.04 bits per heavy atom. The van der Waals surface area contributed by atoms with E-state index in [1.165, 1.54) is 10.4 Å². The van der Waals surface area contributed by atoms with Crippen molar-refractivity contribution in [3.63, 3.8) is 0 Å². The number of likely N-dealkylation sites (N-methyl/N-ethyl adjacent to an activating group) is 1. The summed E-state index contributed by atoms with van der Waals surface area (Å²) in [6.45, 7) is 4.85. The summed E-state index contributed by atoms with van der Waals surface area (Å²) >= 11 is 1.63. The molecule has 2 aromatic rings. The van der Waals surface area contributed by atoms with Gasteiger partial charge < -0.3 is 14.8 Å². The van der Waals surface area contributed by atoms with Gasteiger partial charge in [-0.3, -0.25) is 14.5 Å². The number of nitrogens with one attached hydrogen (secondary N) is 1. The van der Waals surface area contributed by atoms with Gasteiger partial charge in [0.15, 0.2) is 0 Å². The Kier molecular flexibility index (Phi) is 6.85. The fourth-order valence-corrected chi connectivity index (χ4v) is 5.07. The van der Waals surface area contributed by atoms with Crippen molar-refractivity contribution in [2.24, 2.45) is 5.92 Å². The number of aliphatic hydroxyl groups is 1. The summed E-state index contributed by atoms with van der Waals surface area (Å²) in [5, 5.41) is 10.8. The Hall–Kier alpha value is -1.77. The third kappa shape index (κ3) is 4.98. The van der Waals surface area contributed by atoms with E-state index in [1.807, 2.05) is 18.9 Å². The second kappa shape index (κ2) is 9.15. The number of aliphatic hydroxyl groups excluding tert-OH is 1. The van der Waals surface area contributed by atoms with Gasteiger partial charge >= 0.3 is 5.97 Å². The Morgan fingerprint density at radius 2 is 2.29 bits per heavy atom. The highest BCUT2D eigenvalue weighted by Gasteiger charge is 2.23. The highest BCUT2D eigenvalue weighted by Crippen LogP contribution is 2.35. The molecule has 0 amide bonds. The molecule has 7 nitrogen and oxygen atoms in total. The zero-order valence-electron chi connectivity index (χ0n) is 16.8. The first-order valence-corrected chi connectivity index (χ1v) is 10.7. The van der Waals surface area contributed by atoms with E-state index in [-0.39, 0.29) is 18.1 Å². The van der Waals surface area contributed by atoms with Gasteiger partial charge in [-0.15, -0.1) is 11.3 Å². The Bertz CT molecular complexity index is 891. The predicted molar refractivity (Wildman–Crippen MR) is 110 cm³/mol. The summed E-state index contributed by atoms with van der Waals surface area (Å²) < 4.78 is 5.04. The molecule has 2 aromatic heterocycles. The molecule has 0 aliphatic heterocycles. The first-order valence-electron chi connectivity index (χ1n) is 9.93. The van der Waals surface area contributed by atoms with Gasteiger partial charge in [0.2, 0.25) is 0 Å². The molecular formula is C20H29N3O4S. The highest BCUT2D eigenvalue weighted by atomic mass is 32.1. The van der Waals surface area contributed by atoms with E-state index in [9.17, 15) is 14.7 Å². The maximum absolute atomic E-state index is 12.6. The fraction of sp³-hybridized carbons (Fsp3) is 0.650. The van der Waals surface area contributed by atoms with E-state index in [0.29, 0.717) is 31.3 Å². The second-order valence-corrected chi connectivity index (χ2v) is 8.91. The molecular weight excluding hydrogens is 378 g/mol. The molecule has 0 radical (unpaired) electrons. The number of rotatable bonds is 8. The van der Waals surface area contributed by atoms with Crippen LogP contribution in [0.25, 0.3) is 10.2 Å². The first kappa shape index (κ1) is 21.0. The van der Waals surface area contributed by atoms with Crippen molar-refractivity contribution < 1.29 is 14.6 Å². The van der Waals surface area contributed by atoms with Gasteiger partial charge in [0, 0.05) is 17.8 Å². The van der Waals surface area contributed by atoms with Gasteiger partial charge in [-0.2, -0.15) is 0 Å². The quantitative estimate of drug-likeness (QED) is 0.652. The van der Waals surface area contributed by atoms with Crippen molar-refractivity contribution in [3.8, 4) is 0 Å². The van der Waals surface area contributed by atoms with Crippen LogP contribution in [0, 0.1) is 5.92 Å². The van der Waals surface area contributed by atoms with Crippen LogP contribution in [0.1, 0.15) is 49.4 Å². The monoisotopic (exact) mass is 407 g/mol. The number of esters is 1. The van der Waals surface area contributed by atoms with E-state index >= 15 is 0 Å². The van der Waals surface area contributed by atoms with Gasteiger partial charge in [-0.1, -0.05) is 13.8 Å². The summed E-state index contributed by atoms with van der Waals surface area (Å²) in [4.78, 5) is 35.6. The SMILES string of the molecule is CCCC(=O)OCC(O)CN(C)Cc1nc2sc3c(c2c(=O)[nH]1)CCC(C)C3. The smallest absolute Gasteiger partial charge is 0.305 e. The van der Waals surface area contributed by atoms with Crippen LogP contribution in [0.2, 0.25) is 0 Å². The van der Waals surface area contributed by atoms with Crippen LogP contribution in [0.4, 0.5) is 0 Å². The van der Waals surface area contributed by atoms with Crippen LogP contribution in [0.15, 0.2) is 4.79 Å². The number of aryl methyl sites for hydroxylation is 1. The number of carbonyl (C=O) groups is 1. The third-order valence-electron chi connectivity index (χ3n) is 5.05. The molecule has 0 aromatic carbocycles. The summed E-state index contributed by atoms with van der Waals surface area (Å²) in [6.07, 6.45) is 3.39. The van der Waals surface area contributed by atoms with Gasteiger partial charge in [0.05, 0.1) is 11.9 Å². The van der Waals surface area contributed by atoms with E-state index in [1.54, 1.807) is 11.3 Å². The van der Waals surface area contributed by atoms with Crippen LogP contribution in [-0.2, 0) is 28.9 Å². The molecule has 1 aliphatic rings. The molecule has 0 saturated carbocycles. The minimum atomic E-state index is -0.781. The molecule has 2 heterocycles. The zero-order chi connectivity index (χ0) is 20.3. The number of H-pyrrole nitrogens is 1. The average Bonchev–Trinajstić information content (AvgIpc) is 2.97. The van der Waals surface area contributed by atoms with Crippen molar-refractivity contribution in [2.45, 2.75) is 58.6 Å². The van der Waals surface area contributed by atoms with Crippen LogP contribution >= 0.6 is 11.3 Å². The van der Waals surface area contributed by atoms with E-state index in [0.717, 1.165) is 35.9 Å². The van der Waals surface area contributed by atoms with Gasteiger partial charge in [-0.05, 0) is 44.2 Å². The molecule has 2 unspecified atom stereocenters. The van der Waals surface area contributed by atoms with Crippen LogP contribution in [0.3, 0.4) is 0 Å². The summed E-state index contributed by atoms with van der Waals surface area (Å²) in [6, 6.07) is 0. The van der Waals surface area contributed by atoms with Gasteiger partial charge in [-0.25, -0.2) is 4.98 Å².